The SMILES string of the molecule is O=C(/C=C/C#Cc1ccc(S(=O)(=O)Nc2ccccc2)cc1)NO. The highest BCUT2D eigenvalue weighted by atomic mass is 32.2. The molecule has 122 valence electrons. The summed E-state index contributed by atoms with van der Waals surface area (Å²) >= 11 is 0. The van der Waals surface area contributed by atoms with E-state index in [1.165, 1.54) is 23.7 Å². The minimum absolute atomic E-state index is 0.118. The Labute approximate surface area is 139 Å². The van der Waals surface area contributed by atoms with Gasteiger partial charge in [-0.25, -0.2) is 13.9 Å². The maximum absolute atomic E-state index is 12.3. The van der Waals surface area contributed by atoms with Gasteiger partial charge in [-0.05, 0) is 42.5 Å². The van der Waals surface area contributed by atoms with Gasteiger partial charge in [0.05, 0.1) is 4.90 Å². The van der Waals surface area contributed by atoms with E-state index in [2.05, 4.69) is 16.6 Å². The number of allylic oxidation sites excluding steroid dienone is 1. The molecule has 6 nitrogen and oxygen atoms in total. The first kappa shape index (κ1) is 17.3. The van der Waals surface area contributed by atoms with Crippen LogP contribution in [0.25, 0.3) is 0 Å². The Morgan fingerprint density at radius 2 is 1.71 bits per heavy atom. The van der Waals surface area contributed by atoms with Gasteiger partial charge in [0.1, 0.15) is 0 Å². The van der Waals surface area contributed by atoms with E-state index in [9.17, 15) is 13.2 Å². The van der Waals surface area contributed by atoms with Crippen LogP contribution in [0.1, 0.15) is 5.56 Å². The Kier molecular flexibility index (Phi) is 5.73. The van der Waals surface area contributed by atoms with Crippen molar-refractivity contribution in [3.8, 4) is 11.8 Å². The van der Waals surface area contributed by atoms with Gasteiger partial charge < -0.3 is 0 Å². The smallest absolute Gasteiger partial charge is 0.267 e. The summed E-state index contributed by atoms with van der Waals surface area (Å²) < 4.78 is 27.0. The molecule has 0 radical (unpaired) electrons. The molecular weight excluding hydrogens is 328 g/mol. The van der Waals surface area contributed by atoms with E-state index < -0.39 is 15.9 Å². The average Bonchev–Trinajstić information content (AvgIpc) is 2.59. The number of benzene rings is 2. The van der Waals surface area contributed by atoms with Gasteiger partial charge in [0.15, 0.2) is 0 Å². The lowest BCUT2D eigenvalue weighted by Gasteiger charge is -2.07. The van der Waals surface area contributed by atoms with Crippen molar-refractivity contribution >= 4 is 21.6 Å². The highest BCUT2D eigenvalue weighted by molar-refractivity contribution is 7.92. The summed E-state index contributed by atoms with van der Waals surface area (Å²) in [6, 6.07) is 14.6. The molecule has 7 heteroatoms. The molecule has 1 amide bonds. The van der Waals surface area contributed by atoms with Gasteiger partial charge in [-0.15, -0.1) is 0 Å². The zero-order chi connectivity index (χ0) is 17.4. The summed E-state index contributed by atoms with van der Waals surface area (Å²) in [6.07, 6.45) is 2.34. The fourth-order valence-corrected chi connectivity index (χ4v) is 2.78. The zero-order valence-electron chi connectivity index (χ0n) is 12.4. The third kappa shape index (κ3) is 4.98. The van der Waals surface area contributed by atoms with Gasteiger partial charge in [0.25, 0.3) is 15.9 Å². The summed E-state index contributed by atoms with van der Waals surface area (Å²) in [6.45, 7) is 0. The first-order chi connectivity index (χ1) is 11.5. The number of nitrogens with one attached hydrogen (secondary N) is 2. The molecule has 0 fully saturated rings. The number of carbonyl (C=O) groups excluding carboxylic acids is 1. The maximum atomic E-state index is 12.3. The van der Waals surface area contributed by atoms with Crippen molar-refractivity contribution in [3.05, 3.63) is 72.3 Å². The van der Waals surface area contributed by atoms with Crippen LogP contribution in [0.4, 0.5) is 5.69 Å². The summed E-state index contributed by atoms with van der Waals surface area (Å²) in [5.74, 6) is 4.65. The Morgan fingerprint density at radius 1 is 1.04 bits per heavy atom. The largest absolute Gasteiger partial charge is 0.288 e. The number of sulfonamides is 1. The van der Waals surface area contributed by atoms with Crippen molar-refractivity contribution in [2.75, 3.05) is 4.72 Å². The summed E-state index contributed by atoms with van der Waals surface area (Å²) in [5, 5.41) is 8.30. The number of rotatable bonds is 4. The molecular formula is C17H14N2O4S. The summed E-state index contributed by atoms with van der Waals surface area (Å²) in [7, 11) is -3.66. The van der Waals surface area contributed by atoms with Gasteiger partial charge in [-0.3, -0.25) is 14.7 Å². The lowest BCUT2D eigenvalue weighted by Crippen LogP contribution is -2.14. The average molecular weight is 342 g/mol. The first-order valence-corrected chi connectivity index (χ1v) is 8.30. The molecule has 0 unspecified atom stereocenters. The molecule has 24 heavy (non-hydrogen) atoms. The second-order valence-electron chi connectivity index (χ2n) is 4.57. The van der Waals surface area contributed by atoms with E-state index >= 15 is 0 Å². The molecule has 0 atom stereocenters. The van der Waals surface area contributed by atoms with Crippen molar-refractivity contribution in [3.63, 3.8) is 0 Å². The van der Waals surface area contributed by atoms with Gasteiger partial charge in [-0.2, -0.15) is 0 Å². The van der Waals surface area contributed by atoms with Crippen molar-refractivity contribution in [1.29, 1.82) is 0 Å². The zero-order valence-corrected chi connectivity index (χ0v) is 13.2. The minimum Gasteiger partial charge on any atom is -0.288 e. The fourth-order valence-electron chi connectivity index (χ4n) is 1.72. The van der Waals surface area contributed by atoms with Crippen LogP contribution in [0.5, 0.6) is 0 Å². The Balaban J connectivity index is 2.10. The van der Waals surface area contributed by atoms with Crippen LogP contribution in [0.3, 0.4) is 0 Å². The van der Waals surface area contributed by atoms with Gasteiger partial charge in [0.2, 0.25) is 0 Å². The van der Waals surface area contributed by atoms with Gasteiger partial charge in [0, 0.05) is 17.3 Å². The molecule has 3 N–H and O–H groups in total. The first-order valence-electron chi connectivity index (χ1n) is 6.81. The lowest BCUT2D eigenvalue weighted by molar-refractivity contribution is -0.124. The monoisotopic (exact) mass is 342 g/mol. The van der Waals surface area contributed by atoms with Crippen LogP contribution < -0.4 is 10.2 Å². The van der Waals surface area contributed by atoms with Gasteiger partial charge >= 0.3 is 0 Å². The predicted molar refractivity (Wildman–Crippen MR) is 89.6 cm³/mol. The lowest BCUT2D eigenvalue weighted by atomic mass is 10.2. The van der Waals surface area contributed by atoms with Crippen molar-refractivity contribution in [2.24, 2.45) is 0 Å². The van der Waals surface area contributed by atoms with Crippen LogP contribution >= 0.6 is 0 Å². The van der Waals surface area contributed by atoms with Crippen molar-refractivity contribution in [2.45, 2.75) is 4.90 Å². The van der Waals surface area contributed by atoms with E-state index in [0.717, 1.165) is 6.08 Å². The van der Waals surface area contributed by atoms with Crippen molar-refractivity contribution in [1.82, 2.24) is 5.48 Å². The van der Waals surface area contributed by atoms with Crippen LogP contribution in [-0.2, 0) is 14.8 Å². The van der Waals surface area contributed by atoms with E-state index in [1.54, 1.807) is 42.5 Å². The van der Waals surface area contributed by atoms with Crippen LogP contribution in [0.15, 0.2) is 71.6 Å². The highest BCUT2D eigenvalue weighted by Crippen LogP contribution is 2.15. The van der Waals surface area contributed by atoms with E-state index in [-0.39, 0.29) is 4.90 Å². The molecule has 0 aliphatic carbocycles. The Bertz CT molecular complexity index is 893. The molecule has 0 saturated heterocycles. The molecule has 0 saturated carbocycles. The number of carbonyl (C=O) groups is 1. The quantitative estimate of drug-likeness (QED) is 0.342. The number of hydroxylamine groups is 1. The molecule has 0 spiro atoms. The third-order valence-electron chi connectivity index (χ3n) is 2.84. The Morgan fingerprint density at radius 3 is 2.33 bits per heavy atom. The standard InChI is InChI=1S/C17H14N2O4S/c20-17(18-21)9-5-4-6-14-10-12-16(13-11-14)24(22,23)19-15-7-2-1-3-8-15/h1-3,5,7-13,19,21H,(H,18,20)/b9-5+. The van der Waals surface area contributed by atoms with E-state index in [1.807, 2.05) is 0 Å². The number of hydrogen-bond donors (Lipinski definition) is 3. The highest BCUT2D eigenvalue weighted by Gasteiger charge is 2.13. The molecule has 0 aliphatic rings. The molecule has 2 aromatic carbocycles. The summed E-state index contributed by atoms with van der Waals surface area (Å²) in [5.41, 5.74) is 2.51. The molecule has 0 aliphatic heterocycles. The van der Waals surface area contributed by atoms with Crippen LogP contribution in [0.2, 0.25) is 0 Å². The summed E-state index contributed by atoms with van der Waals surface area (Å²) in [4.78, 5) is 10.9. The number of para-hydroxylation sites is 1. The molecule has 0 bridgehead atoms. The van der Waals surface area contributed by atoms with Crippen molar-refractivity contribution < 1.29 is 18.4 Å². The normalized spacial score (nSPS) is 10.7. The third-order valence-corrected chi connectivity index (χ3v) is 4.23. The molecule has 2 aromatic rings. The number of hydrogen-bond acceptors (Lipinski definition) is 4. The molecule has 2 rings (SSSR count). The van der Waals surface area contributed by atoms with E-state index in [0.29, 0.717) is 11.3 Å². The Hall–Kier alpha value is -3.08. The fraction of sp³-hybridized carbons (Fsp3) is 0. The second-order valence-corrected chi connectivity index (χ2v) is 6.26. The maximum Gasteiger partial charge on any atom is 0.267 e. The second kappa shape index (κ2) is 7.97. The van der Waals surface area contributed by atoms with Crippen LogP contribution in [0, 0.1) is 11.8 Å². The predicted octanol–water partition coefficient (Wildman–Crippen LogP) is 1.90. The minimum atomic E-state index is -3.66. The van der Waals surface area contributed by atoms with Crippen LogP contribution in [-0.4, -0.2) is 19.5 Å². The number of anilines is 1. The van der Waals surface area contributed by atoms with E-state index in [4.69, 9.17) is 5.21 Å². The topological polar surface area (TPSA) is 95.5 Å². The molecule has 0 aromatic heterocycles. The molecule has 0 heterocycles. The number of amides is 1. The van der Waals surface area contributed by atoms with Gasteiger partial charge in [-0.1, -0.05) is 30.0 Å².